The molecule has 1 N–H and O–H groups in total. The van der Waals surface area contributed by atoms with Gasteiger partial charge in [-0.15, -0.1) is 29.1 Å². The maximum Gasteiger partial charge on any atom is 0.162 e. The van der Waals surface area contributed by atoms with Gasteiger partial charge in [0.05, 0.1) is 16.8 Å². The standard InChI is InChI=1S/C24H21N2.C13H24O2.Ir/c1-14(2)16-10-7-13-19-21(16)26-23-22(25-19)17-11-5-8-15-9-6-12-18(20(15)17)24(23,3)4;1-5-10(6-2)12(14)9-13(15)11(7-3)8-4;/h5-10,12-14H,1-4H3;9-11,14H,5-8H2,1-4H3;/q-1;;/b;12-9-;. The van der Waals surface area contributed by atoms with E-state index in [-0.39, 0.29) is 48.9 Å². The predicted molar refractivity (Wildman–Crippen MR) is 171 cm³/mol. The minimum Gasteiger partial charge on any atom is -0.512 e. The quantitative estimate of drug-likeness (QED) is 0.111. The Morgan fingerprint density at radius 3 is 2.19 bits per heavy atom. The Balaban J connectivity index is 0.000000263. The van der Waals surface area contributed by atoms with Crippen LogP contribution in [0.1, 0.15) is 104 Å². The van der Waals surface area contributed by atoms with Gasteiger partial charge in [0.2, 0.25) is 0 Å². The fraction of sp³-hybridized carbons (Fsp3) is 0.432. The maximum atomic E-state index is 11.7. The molecule has 1 aromatic heterocycles. The van der Waals surface area contributed by atoms with Crippen molar-refractivity contribution in [3.8, 4) is 11.3 Å². The monoisotopic (exact) mass is 742 g/mol. The van der Waals surface area contributed by atoms with Crippen LogP contribution < -0.4 is 0 Å². The number of rotatable bonds is 8. The number of para-hydroxylation sites is 1. The number of aromatic nitrogens is 2. The zero-order chi connectivity index (χ0) is 29.9. The average Bonchev–Trinajstić information content (AvgIpc) is 2.96. The number of carbonyl (C=O) groups excluding carboxylic acids is 1. The summed E-state index contributed by atoms with van der Waals surface area (Å²) in [6, 6.07) is 20.4. The molecule has 0 saturated carbocycles. The summed E-state index contributed by atoms with van der Waals surface area (Å²) in [4.78, 5) is 22.0. The molecule has 0 spiro atoms. The van der Waals surface area contributed by atoms with Crippen molar-refractivity contribution in [3.05, 3.63) is 83.3 Å². The van der Waals surface area contributed by atoms with Gasteiger partial charge in [-0.2, -0.15) is 0 Å². The van der Waals surface area contributed by atoms with E-state index in [1.54, 1.807) is 0 Å². The maximum absolute atomic E-state index is 11.7. The smallest absolute Gasteiger partial charge is 0.162 e. The molecule has 0 aliphatic heterocycles. The molecule has 0 bridgehead atoms. The first-order valence-electron chi connectivity index (χ1n) is 15.3. The van der Waals surface area contributed by atoms with Gasteiger partial charge in [-0.05, 0) is 43.2 Å². The van der Waals surface area contributed by atoms with Crippen LogP contribution in [-0.2, 0) is 30.3 Å². The summed E-state index contributed by atoms with van der Waals surface area (Å²) >= 11 is 0. The van der Waals surface area contributed by atoms with Crippen molar-refractivity contribution in [2.75, 3.05) is 0 Å². The third-order valence-corrected chi connectivity index (χ3v) is 8.77. The fourth-order valence-corrected chi connectivity index (χ4v) is 6.06. The topological polar surface area (TPSA) is 63.1 Å². The van der Waals surface area contributed by atoms with Gasteiger partial charge in [-0.3, -0.25) is 14.8 Å². The molecule has 0 unspecified atom stereocenters. The van der Waals surface area contributed by atoms with Crippen LogP contribution in [0.2, 0.25) is 0 Å². The number of nitrogens with zero attached hydrogens (tertiary/aromatic N) is 2. The summed E-state index contributed by atoms with van der Waals surface area (Å²) < 4.78 is 0. The number of benzene rings is 3. The average molecular weight is 742 g/mol. The van der Waals surface area contributed by atoms with E-state index in [2.05, 4.69) is 76.2 Å². The Morgan fingerprint density at radius 1 is 0.929 bits per heavy atom. The summed E-state index contributed by atoms with van der Waals surface area (Å²) in [5.74, 6) is 0.964. The second-order valence-electron chi connectivity index (χ2n) is 12.0. The van der Waals surface area contributed by atoms with E-state index in [1.807, 2.05) is 33.8 Å². The Morgan fingerprint density at radius 2 is 1.57 bits per heavy atom. The Hall–Kier alpha value is -2.88. The van der Waals surface area contributed by atoms with E-state index < -0.39 is 0 Å². The van der Waals surface area contributed by atoms with Crippen LogP contribution in [0.5, 0.6) is 0 Å². The van der Waals surface area contributed by atoms with Crippen LogP contribution >= 0.6 is 0 Å². The molecule has 3 aromatic carbocycles. The van der Waals surface area contributed by atoms with Gasteiger partial charge in [-0.25, -0.2) is 0 Å². The first kappa shape index (κ1) is 33.6. The van der Waals surface area contributed by atoms with Gasteiger partial charge in [0.25, 0.3) is 0 Å². The van der Waals surface area contributed by atoms with Gasteiger partial charge >= 0.3 is 0 Å². The van der Waals surface area contributed by atoms with Crippen LogP contribution in [0.4, 0.5) is 0 Å². The van der Waals surface area contributed by atoms with E-state index in [9.17, 15) is 9.90 Å². The third kappa shape index (κ3) is 6.38. The van der Waals surface area contributed by atoms with Gasteiger partial charge in [0.15, 0.2) is 5.78 Å². The first-order chi connectivity index (χ1) is 19.6. The Labute approximate surface area is 265 Å². The summed E-state index contributed by atoms with van der Waals surface area (Å²) in [5.41, 5.74) is 7.49. The second kappa shape index (κ2) is 14.1. The number of aliphatic hydroxyl groups excluding tert-OH is 1. The minimum absolute atomic E-state index is 0. The van der Waals surface area contributed by atoms with Crippen molar-refractivity contribution in [3.63, 3.8) is 0 Å². The number of aliphatic hydroxyl groups is 1. The molecule has 4 nitrogen and oxygen atoms in total. The van der Waals surface area contributed by atoms with E-state index in [0.29, 0.717) is 5.92 Å². The van der Waals surface area contributed by atoms with Crippen LogP contribution in [0.15, 0.2) is 60.4 Å². The summed E-state index contributed by atoms with van der Waals surface area (Å²) in [7, 11) is 0. The Kier molecular flexibility index (Phi) is 11.3. The van der Waals surface area contributed by atoms with Crippen LogP contribution in [0.3, 0.4) is 0 Å². The summed E-state index contributed by atoms with van der Waals surface area (Å²) in [5, 5.41) is 12.3. The molecule has 1 aliphatic carbocycles. The molecule has 1 radical (unpaired) electrons. The minimum atomic E-state index is -0.192. The van der Waals surface area contributed by atoms with Gasteiger partial charge < -0.3 is 5.11 Å². The fourth-order valence-electron chi connectivity index (χ4n) is 6.06. The number of hydrogen-bond donors (Lipinski definition) is 1. The van der Waals surface area contributed by atoms with Crippen molar-refractivity contribution in [2.24, 2.45) is 11.8 Å². The number of allylic oxidation sites excluding steroid dienone is 2. The summed E-state index contributed by atoms with van der Waals surface area (Å²) in [6.45, 7) is 17.0. The normalized spacial score (nSPS) is 13.6. The first-order valence-corrected chi connectivity index (χ1v) is 15.3. The molecule has 1 heterocycles. The largest absolute Gasteiger partial charge is 0.512 e. The van der Waals surface area contributed by atoms with E-state index >= 15 is 0 Å². The van der Waals surface area contributed by atoms with Crippen molar-refractivity contribution in [1.29, 1.82) is 0 Å². The van der Waals surface area contributed by atoms with E-state index in [4.69, 9.17) is 9.97 Å². The predicted octanol–water partition coefficient (Wildman–Crippen LogP) is 9.88. The third-order valence-electron chi connectivity index (χ3n) is 8.77. The second-order valence-corrected chi connectivity index (χ2v) is 12.0. The summed E-state index contributed by atoms with van der Waals surface area (Å²) in [6.07, 6.45) is 4.91. The number of carbonyl (C=O) groups is 1. The molecule has 0 amide bonds. The van der Waals surface area contributed by atoms with Gasteiger partial charge in [-0.1, -0.05) is 96.7 Å². The molecule has 42 heavy (non-hydrogen) atoms. The Bertz CT molecular complexity index is 1570. The number of hydrogen-bond acceptors (Lipinski definition) is 4. The molecule has 225 valence electrons. The molecule has 0 atom stereocenters. The van der Waals surface area contributed by atoms with Crippen LogP contribution in [0, 0.1) is 17.9 Å². The van der Waals surface area contributed by atoms with Crippen molar-refractivity contribution < 1.29 is 30.0 Å². The zero-order valence-corrected chi connectivity index (χ0v) is 28.7. The van der Waals surface area contributed by atoms with Crippen molar-refractivity contribution >= 4 is 27.6 Å². The molecular formula is C37H45IrN2O2-. The molecule has 5 rings (SSSR count). The number of ketones is 1. The molecule has 0 fully saturated rings. The van der Waals surface area contributed by atoms with Gasteiger partial charge in [0, 0.05) is 54.8 Å². The SMILES string of the molecule is CC(C)c1cccc2nc3c(nc12)C(C)(C)c1cccc2cc[c-]c-3c12.CCC(CC)C(=O)/C=C(\O)C(CC)CC.[Ir]. The molecule has 5 heteroatoms. The van der Waals surface area contributed by atoms with Crippen LogP contribution in [0.25, 0.3) is 33.1 Å². The van der Waals surface area contributed by atoms with Crippen molar-refractivity contribution in [2.45, 2.75) is 92.4 Å². The van der Waals surface area contributed by atoms with E-state index in [1.165, 1.54) is 28.0 Å². The zero-order valence-electron chi connectivity index (χ0n) is 26.3. The van der Waals surface area contributed by atoms with Gasteiger partial charge in [0.1, 0.15) is 0 Å². The molecule has 1 aliphatic rings. The van der Waals surface area contributed by atoms with E-state index in [0.717, 1.165) is 53.7 Å². The molecule has 0 saturated heterocycles. The number of fused-ring (bicyclic) bond motifs is 3. The van der Waals surface area contributed by atoms with Crippen LogP contribution in [-0.4, -0.2) is 20.9 Å². The molecule has 4 aromatic rings. The van der Waals surface area contributed by atoms with Crippen molar-refractivity contribution in [1.82, 2.24) is 9.97 Å². The molecular weight excluding hydrogens is 697 g/mol.